The monoisotopic (exact) mass is 632 g/mol. The maximum Gasteiger partial charge on any atom is -0.0238 e. The van der Waals surface area contributed by atoms with Gasteiger partial charge in [-0.25, -0.2) is 0 Å². The third kappa shape index (κ3) is 6.14. The van der Waals surface area contributed by atoms with Crippen molar-refractivity contribution < 1.29 is 23.2 Å². The summed E-state index contributed by atoms with van der Waals surface area (Å²) in [5.41, 5.74) is 11.5. The molecule has 2 aromatic heterocycles. The molecule has 208 valence electrons. The van der Waals surface area contributed by atoms with Crippen molar-refractivity contribution in [1.29, 1.82) is 0 Å². The molecule has 2 nitrogen and oxygen atoms in total. The summed E-state index contributed by atoms with van der Waals surface area (Å²) in [5.74, 6) is 0. The van der Waals surface area contributed by atoms with Crippen LogP contribution in [0.5, 0.6) is 0 Å². The number of allylic oxidation sites excluding steroid dienone is 2. The van der Waals surface area contributed by atoms with E-state index in [9.17, 15) is 0 Å². The second-order valence-electron chi connectivity index (χ2n) is 11.1. The minimum absolute atomic E-state index is 0.539. The van der Waals surface area contributed by atoms with E-state index >= 15 is 0 Å². The smallest absolute Gasteiger partial charge is 0.0238 e. The second-order valence-corrected chi connectivity index (χ2v) is 14.7. The fourth-order valence-corrected chi connectivity index (χ4v) is 11.1. The first kappa shape index (κ1) is 27.6. The van der Waals surface area contributed by atoms with Crippen LogP contribution in [0.15, 0.2) is 158 Å². The van der Waals surface area contributed by atoms with Gasteiger partial charge in [0, 0.05) is 0 Å². The summed E-state index contributed by atoms with van der Waals surface area (Å²) in [6.07, 6.45) is 15.8. The molecule has 43 heavy (non-hydrogen) atoms. The van der Waals surface area contributed by atoms with Gasteiger partial charge in [0.05, 0.1) is 0 Å². The van der Waals surface area contributed by atoms with E-state index < -0.39 is 23.2 Å². The topological polar surface area (TPSA) is 9.86 Å². The van der Waals surface area contributed by atoms with Crippen molar-refractivity contribution in [2.24, 2.45) is 0 Å². The van der Waals surface area contributed by atoms with Crippen molar-refractivity contribution in [3.8, 4) is 0 Å². The first-order chi connectivity index (χ1) is 21.3. The van der Waals surface area contributed by atoms with Crippen LogP contribution in [-0.4, -0.2) is 9.13 Å². The zero-order valence-electron chi connectivity index (χ0n) is 24.1. The van der Waals surface area contributed by atoms with E-state index in [1.807, 2.05) is 0 Å². The van der Waals surface area contributed by atoms with Crippen LogP contribution in [-0.2, 0) is 36.1 Å². The summed E-state index contributed by atoms with van der Waals surface area (Å²) in [6.45, 7) is 0. The average Bonchev–Trinajstić information content (AvgIpc) is 3.89. The summed E-state index contributed by atoms with van der Waals surface area (Å²) >= 11 is -0.936. The standard InChI is InChI=1S/C14H14.2C13H10N.Zr/c1-3-7-13(8-4-1)11-12-14-9-5-2-6-10-14;2*1-2-6-12-10-13(9-11(12)5-1)14-7-3-4-8-14;/h1-10H,11-12H2;2*1-10H;. The van der Waals surface area contributed by atoms with Crippen LogP contribution >= 0.6 is 0 Å². The molecule has 2 aliphatic rings. The minimum Gasteiger partial charge on any atom is -0.0622 e. The van der Waals surface area contributed by atoms with Crippen molar-refractivity contribution in [1.82, 2.24) is 9.13 Å². The summed E-state index contributed by atoms with van der Waals surface area (Å²) in [7, 11) is 0. The molecule has 2 heterocycles. The average molecular weight is 634 g/mol. The Hall–Kier alpha value is -4.20. The van der Waals surface area contributed by atoms with E-state index in [0.29, 0.717) is 7.25 Å². The number of fused-ring (bicyclic) bond motifs is 2. The van der Waals surface area contributed by atoms with E-state index in [1.165, 1.54) is 44.8 Å². The minimum atomic E-state index is -0.936. The summed E-state index contributed by atoms with van der Waals surface area (Å²) in [4.78, 5) is 0. The molecule has 4 aromatic carbocycles. The molecule has 0 spiro atoms. The fourth-order valence-electron chi connectivity index (χ4n) is 6.17. The Labute approximate surface area is 266 Å². The third-order valence-electron chi connectivity index (χ3n) is 8.34. The maximum atomic E-state index is 2.40. The van der Waals surface area contributed by atoms with Crippen LogP contribution < -0.4 is 0 Å². The molecular formula is C40H34N2Zr. The SMILES string of the molecule is C1=C(n2cccc2)[CH]([Zr][CH]2C(n3cccc3)=Cc3ccccc32)c2ccccc21.c1ccc(CCc2ccccc2)cc1. The van der Waals surface area contributed by atoms with E-state index in [-0.39, 0.29) is 0 Å². The van der Waals surface area contributed by atoms with Crippen LogP contribution in [0.4, 0.5) is 0 Å². The Balaban J connectivity index is 0.000000180. The molecule has 0 amide bonds. The van der Waals surface area contributed by atoms with Gasteiger partial charge in [0.2, 0.25) is 0 Å². The van der Waals surface area contributed by atoms with Gasteiger partial charge >= 0.3 is 183 Å². The molecule has 3 heteroatoms. The van der Waals surface area contributed by atoms with Gasteiger partial charge in [0.25, 0.3) is 0 Å². The van der Waals surface area contributed by atoms with Crippen molar-refractivity contribution in [3.63, 3.8) is 0 Å². The Morgan fingerprint density at radius 3 is 1.21 bits per heavy atom. The summed E-state index contributed by atoms with van der Waals surface area (Å²) in [6, 6.07) is 47.7. The van der Waals surface area contributed by atoms with Crippen molar-refractivity contribution in [2.45, 2.75) is 20.1 Å². The van der Waals surface area contributed by atoms with Gasteiger partial charge in [-0.05, 0) is 24.0 Å². The van der Waals surface area contributed by atoms with Crippen LogP contribution in [0.3, 0.4) is 0 Å². The number of rotatable bonds is 7. The van der Waals surface area contributed by atoms with Gasteiger partial charge < -0.3 is 0 Å². The van der Waals surface area contributed by atoms with Crippen LogP contribution in [0.2, 0.25) is 0 Å². The molecule has 2 aliphatic carbocycles. The molecule has 0 bridgehead atoms. The van der Waals surface area contributed by atoms with Gasteiger partial charge in [0.15, 0.2) is 0 Å². The van der Waals surface area contributed by atoms with Gasteiger partial charge in [-0.3, -0.25) is 0 Å². The molecule has 2 unspecified atom stereocenters. The Kier molecular flexibility index (Phi) is 8.34. The molecule has 0 N–H and O–H groups in total. The zero-order chi connectivity index (χ0) is 28.8. The van der Waals surface area contributed by atoms with Crippen LogP contribution in [0, 0.1) is 0 Å². The predicted molar refractivity (Wildman–Crippen MR) is 176 cm³/mol. The number of aromatic nitrogens is 2. The van der Waals surface area contributed by atoms with E-state index in [4.69, 9.17) is 0 Å². The van der Waals surface area contributed by atoms with Crippen molar-refractivity contribution in [2.75, 3.05) is 0 Å². The quantitative estimate of drug-likeness (QED) is 0.166. The molecule has 0 aliphatic heterocycles. The number of nitrogens with zero attached hydrogens (tertiary/aromatic N) is 2. The van der Waals surface area contributed by atoms with E-state index in [0.717, 1.165) is 12.8 Å². The largest absolute Gasteiger partial charge is 0.0622 e. The predicted octanol–water partition coefficient (Wildman–Crippen LogP) is 9.65. The number of benzene rings is 4. The fraction of sp³-hybridized carbons (Fsp3) is 0.100. The van der Waals surface area contributed by atoms with Crippen molar-refractivity contribution in [3.05, 3.63) is 192 Å². The molecule has 0 radical (unpaired) electrons. The molecular weight excluding hydrogens is 600 g/mol. The van der Waals surface area contributed by atoms with E-state index in [1.54, 1.807) is 0 Å². The maximum absolute atomic E-state index is 2.40. The second kappa shape index (κ2) is 13.0. The first-order valence-corrected chi connectivity index (χ1v) is 17.9. The summed E-state index contributed by atoms with van der Waals surface area (Å²) < 4.78 is 5.73. The third-order valence-corrected chi connectivity index (χ3v) is 13.0. The first-order valence-electron chi connectivity index (χ1n) is 15.0. The van der Waals surface area contributed by atoms with Crippen LogP contribution in [0.1, 0.15) is 40.6 Å². The molecule has 0 saturated carbocycles. The number of aryl methyl sites for hydroxylation is 2. The molecule has 0 saturated heterocycles. The van der Waals surface area contributed by atoms with E-state index in [2.05, 4.69) is 180 Å². The molecule has 8 rings (SSSR count). The van der Waals surface area contributed by atoms with Gasteiger partial charge in [-0.1, -0.05) is 60.7 Å². The number of hydrogen-bond acceptors (Lipinski definition) is 0. The van der Waals surface area contributed by atoms with Crippen LogP contribution in [0.25, 0.3) is 23.5 Å². The Morgan fingerprint density at radius 1 is 0.419 bits per heavy atom. The molecule has 0 fully saturated rings. The summed E-state index contributed by atoms with van der Waals surface area (Å²) in [5, 5.41) is 0. The van der Waals surface area contributed by atoms with Gasteiger partial charge in [-0.15, -0.1) is 0 Å². The normalized spacial score (nSPS) is 16.4. The molecule has 6 aromatic rings. The Morgan fingerprint density at radius 2 is 0.791 bits per heavy atom. The number of hydrogen-bond donors (Lipinski definition) is 0. The van der Waals surface area contributed by atoms with Gasteiger partial charge in [-0.2, -0.15) is 0 Å². The zero-order valence-corrected chi connectivity index (χ0v) is 26.6. The van der Waals surface area contributed by atoms with Crippen molar-refractivity contribution >= 4 is 23.5 Å². The van der Waals surface area contributed by atoms with Gasteiger partial charge in [0.1, 0.15) is 0 Å². The molecule has 2 atom stereocenters. The Bertz CT molecular complexity index is 1690.